The predicted octanol–water partition coefficient (Wildman–Crippen LogP) is 3.62. The molecule has 0 aliphatic rings. The second-order valence-electron chi connectivity index (χ2n) is 5.85. The van der Waals surface area contributed by atoms with Gasteiger partial charge in [0, 0.05) is 30.7 Å². The summed E-state index contributed by atoms with van der Waals surface area (Å²) >= 11 is 1.72. The van der Waals surface area contributed by atoms with Gasteiger partial charge in [0.2, 0.25) is 17.7 Å². The average molecular weight is 371 g/mol. The Bertz CT molecular complexity index is 813. The molecule has 0 fully saturated rings. The Morgan fingerprint density at radius 3 is 2.81 bits per heavy atom. The van der Waals surface area contributed by atoms with Crippen molar-refractivity contribution in [2.45, 2.75) is 25.5 Å². The zero-order chi connectivity index (χ0) is 18.2. The fourth-order valence-electron chi connectivity index (χ4n) is 2.31. The molecule has 0 saturated carbocycles. The van der Waals surface area contributed by atoms with Crippen LogP contribution in [0, 0.1) is 6.92 Å². The van der Waals surface area contributed by atoms with Crippen LogP contribution in [-0.2, 0) is 17.0 Å². The third-order valence-electron chi connectivity index (χ3n) is 3.72. The van der Waals surface area contributed by atoms with Crippen LogP contribution in [0.3, 0.4) is 0 Å². The molecule has 1 N–H and O–H groups in total. The number of carbonyl (C=O) groups is 1. The van der Waals surface area contributed by atoms with E-state index in [4.69, 9.17) is 8.83 Å². The van der Waals surface area contributed by atoms with Gasteiger partial charge in [0.05, 0.1) is 12.0 Å². The molecule has 0 saturated heterocycles. The van der Waals surface area contributed by atoms with Gasteiger partial charge in [-0.15, -0.1) is 10.2 Å². The third kappa shape index (κ3) is 5.49. The third-order valence-corrected chi connectivity index (χ3v) is 4.71. The number of carbonyl (C=O) groups excluding carboxylic acids is 1. The van der Waals surface area contributed by atoms with Gasteiger partial charge in [-0.05, 0) is 31.2 Å². The summed E-state index contributed by atoms with van der Waals surface area (Å²) in [5, 5.41) is 11.0. The van der Waals surface area contributed by atoms with Gasteiger partial charge in [-0.3, -0.25) is 4.79 Å². The van der Waals surface area contributed by atoms with Crippen molar-refractivity contribution in [2.75, 3.05) is 12.3 Å². The van der Waals surface area contributed by atoms with Crippen LogP contribution >= 0.6 is 11.8 Å². The monoisotopic (exact) mass is 371 g/mol. The zero-order valence-corrected chi connectivity index (χ0v) is 15.4. The number of nitrogens with one attached hydrogen (secondary N) is 1. The highest BCUT2D eigenvalue weighted by Gasteiger charge is 2.10. The molecule has 0 atom stereocenters. The molecule has 0 unspecified atom stereocenters. The van der Waals surface area contributed by atoms with Crippen LogP contribution in [0.1, 0.15) is 23.6 Å². The lowest BCUT2D eigenvalue weighted by Crippen LogP contribution is -2.25. The van der Waals surface area contributed by atoms with Gasteiger partial charge >= 0.3 is 0 Å². The molecule has 26 heavy (non-hydrogen) atoms. The fourth-order valence-corrected chi connectivity index (χ4v) is 3.06. The molecule has 0 bridgehead atoms. The van der Waals surface area contributed by atoms with Crippen molar-refractivity contribution in [3.63, 3.8) is 0 Å². The summed E-state index contributed by atoms with van der Waals surface area (Å²) in [6.45, 7) is 2.65. The first-order valence-corrected chi connectivity index (χ1v) is 9.62. The van der Waals surface area contributed by atoms with Crippen molar-refractivity contribution in [1.82, 2.24) is 15.5 Å². The molecule has 0 spiro atoms. The van der Waals surface area contributed by atoms with Crippen LogP contribution in [0.4, 0.5) is 0 Å². The summed E-state index contributed by atoms with van der Waals surface area (Å²) < 4.78 is 10.9. The summed E-state index contributed by atoms with van der Waals surface area (Å²) in [5.41, 5.74) is 2.06. The Balaban J connectivity index is 1.34. The molecule has 0 radical (unpaired) electrons. The van der Waals surface area contributed by atoms with E-state index in [1.54, 1.807) is 18.0 Å². The molecule has 0 aliphatic carbocycles. The van der Waals surface area contributed by atoms with Crippen molar-refractivity contribution in [2.24, 2.45) is 0 Å². The van der Waals surface area contributed by atoms with Crippen molar-refractivity contribution < 1.29 is 13.6 Å². The second kappa shape index (κ2) is 9.24. The van der Waals surface area contributed by atoms with E-state index in [0.717, 1.165) is 22.8 Å². The lowest BCUT2D eigenvalue weighted by Gasteiger charge is -2.03. The first-order valence-electron chi connectivity index (χ1n) is 8.47. The SMILES string of the molecule is Cc1ccc(-c2nnc(CCC(=O)NCCSCc3ccco3)o2)cc1. The quantitative estimate of drug-likeness (QED) is 0.579. The fraction of sp³-hybridized carbons (Fsp3) is 0.316. The number of benzene rings is 1. The number of hydrogen-bond acceptors (Lipinski definition) is 6. The molecule has 3 rings (SSSR count). The Hall–Kier alpha value is -2.54. The lowest BCUT2D eigenvalue weighted by atomic mass is 10.1. The van der Waals surface area contributed by atoms with Gasteiger partial charge in [-0.25, -0.2) is 0 Å². The van der Waals surface area contributed by atoms with E-state index in [2.05, 4.69) is 15.5 Å². The van der Waals surface area contributed by atoms with E-state index in [0.29, 0.717) is 31.2 Å². The molecule has 1 amide bonds. The van der Waals surface area contributed by atoms with Crippen molar-refractivity contribution >= 4 is 17.7 Å². The maximum absolute atomic E-state index is 11.9. The Kier molecular flexibility index (Phi) is 6.49. The first kappa shape index (κ1) is 18.3. The van der Waals surface area contributed by atoms with E-state index in [1.807, 2.05) is 43.3 Å². The Morgan fingerprint density at radius 1 is 1.19 bits per heavy atom. The number of nitrogens with zero attached hydrogens (tertiary/aromatic N) is 2. The number of rotatable bonds is 9. The average Bonchev–Trinajstić information content (AvgIpc) is 3.32. The van der Waals surface area contributed by atoms with Crippen LogP contribution in [0.25, 0.3) is 11.5 Å². The Morgan fingerprint density at radius 2 is 2.04 bits per heavy atom. The van der Waals surface area contributed by atoms with Gasteiger partial charge in [0.1, 0.15) is 5.76 Å². The van der Waals surface area contributed by atoms with E-state index in [9.17, 15) is 4.79 Å². The minimum atomic E-state index is -0.0151. The maximum Gasteiger partial charge on any atom is 0.247 e. The molecular weight excluding hydrogens is 350 g/mol. The van der Waals surface area contributed by atoms with Gasteiger partial charge in [-0.2, -0.15) is 11.8 Å². The van der Waals surface area contributed by atoms with Crippen LogP contribution in [0.15, 0.2) is 51.5 Å². The number of thioether (sulfide) groups is 1. The van der Waals surface area contributed by atoms with Crippen molar-refractivity contribution in [3.8, 4) is 11.5 Å². The van der Waals surface area contributed by atoms with Gasteiger partial charge < -0.3 is 14.2 Å². The molecule has 0 aliphatic heterocycles. The number of furan rings is 1. The zero-order valence-electron chi connectivity index (χ0n) is 14.6. The maximum atomic E-state index is 11.9. The number of aromatic nitrogens is 2. The molecule has 6 nitrogen and oxygen atoms in total. The van der Waals surface area contributed by atoms with Crippen LogP contribution in [0.5, 0.6) is 0 Å². The molecule has 2 aromatic heterocycles. The highest BCUT2D eigenvalue weighted by molar-refractivity contribution is 7.98. The van der Waals surface area contributed by atoms with E-state index < -0.39 is 0 Å². The summed E-state index contributed by atoms with van der Waals surface area (Å²) in [6.07, 6.45) is 2.43. The summed E-state index contributed by atoms with van der Waals surface area (Å²) in [4.78, 5) is 11.9. The molecule has 3 aromatic rings. The normalized spacial score (nSPS) is 10.8. The van der Waals surface area contributed by atoms with Gasteiger partial charge in [0.15, 0.2) is 0 Å². The highest BCUT2D eigenvalue weighted by Crippen LogP contribution is 2.18. The van der Waals surface area contributed by atoms with Crippen molar-refractivity contribution in [1.29, 1.82) is 0 Å². The number of hydrogen-bond donors (Lipinski definition) is 1. The Labute approximate surface area is 156 Å². The lowest BCUT2D eigenvalue weighted by molar-refractivity contribution is -0.121. The molecule has 1 aromatic carbocycles. The number of amides is 1. The standard InChI is InChI=1S/C19H21N3O3S/c1-14-4-6-15(7-5-14)19-22-21-18(25-19)9-8-17(23)20-10-12-26-13-16-3-2-11-24-16/h2-7,11H,8-10,12-13H2,1H3,(H,20,23). The molecule has 7 heteroatoms. The minimum Gasteiger partial charge on any atom is -0.468 e. The molecule has 2 heterocycles. The van der Waals surface area contributed by atoms with E-state index >= 15 is 0 Å². The van der Waals surface area contributed by atoms with Gasteiger partial charge in [-0.1, -0.05) is 17.7 Å². The number of aryl methyl sites for hydroxylation is 2. The molecular formula is C19H21N3O3S. The van der Waals surface area contributed by atoms with Crippen molar-refractivity contribution in [3.05, 3.63) is 59.9 Å². The smallest absolute Gasteiger partial charge is 0.247 e. The second-order valence-corrected chi connectivity index (χ2v) is 6.95. The van der Waals surface area contributed by atoms with E-state index in [-0.39, 0.29) is 5.91 Å². The summed E-state index contributed by atoms with van der Waals surface area (Å²) in [6, 6.07) is 11.7. The van der Waals surface area contributed by atoms with E-state index in [1.165, 1.54) is 5.56 Å². The summed E-state index contributed by atoms with van der Waals surface area (Å²) in [5.74, 6) is 3.54. The van der Waals surface area contributed by atoms with Crippen LogP contribution in [-0.4, -0.2) is 28.4 Å². The van der Waals surface area contributed by atoms with Crippen LogP contribution in [0.2, 0.25) is 0 Å². The molecule has 136 valence electrons. The van der Waals surface area contributed by atoms with Gasteiger partial charge in [0.25, 0.3) is 0 Å². The van der Waals surface area contributed by atoms with Crippen LogP contribution < -0.4 is 5.32 Å². The summed E-state index contributed by atoms with van der Waals surface area (Å²) in [7, 11) is 0. The minimum absolute atomic E-state index is 0.0151. The first-order chi connectivity index (χ1) is 12.7. The predicted molar refractivity (Wildman–Crippen MR) is 101 cm³/mol. The highest BCUT2D eigenvalue weighted by atomic mass is 32.2. The largest absolute Gasteiger partial charge is 0.468 e. The topological polar surface area (TPSA) is 81.2 Å².